The van der Waals surface area contributed by atoms with Crippen molar-refractivity contribution in [2.75, 3.05) is 39.3 Å². The van der Waals surface area contributed by atoms with E-state index < -0.39 is 0 Å². The van der Waals surface area contributed by atoms with Gasteiger partial charge in [0.2, 0.25) is 0 Å². The minimum absolute atomic E-state index is 0.766. The maximum Gasteiger partial charge on any atom is 0.0250 e. The molecular formula is C16H32N2S2. The van der Waals surface area contributed by atoms with Crippen LogP contribution in [0, 0.1) is 0 Å². The molecule has 0 radical (unpaired) electrons. The second kappa shape index (κ2) is 9.60. The lowest BCUT2D eigenvalue weighted by Crippen LogP contribution is -2.35. The second-order valence-electron chi connectivity index (χ2n) is 6.54. The molecule has 2 atom stereocenters. The minimum atomic E-state index is 0.766. The molecule has 20 heavy (non-hydrogen) atoms. The summed E-state index contributed by atoms with van der Waals surface area (Å²) in [5.41, 5.74) is 0. The van der Waals surface area contributed by atoms with Crippen LogP contribution in [0.25, 0.3) is 0 Å². The summed E-state index contributed by atoms with van der Waals surface area (Å²) in [4.78, 5) is 5.33. The van der Waals surface area contributed by atoms with Gasteiger partial charge in [-0.05, 0) is 51.9 Å². The number of hydrogen-bond donors (Lipinski definition) is 0. The van der Waals surface area contributed by atoms with Gasteiger partial charge in [0.15, 0.2) is 0 Å². The zero-order chi connectivity index (χ0) is 14.2. The van der Waals surface area contributed by atoms with E-state index in [0.29, 0.717) is 0 Å². The van der Waals surface area contributed by atoms with E-state index in [1.54, 1.807) is 0 Å². The SMILES string of the molecule is C[C@H](CN1CCCCC1)SS[C@H](C)CN1CCCCC1. The van der Waals surface area contributed by atoms with E-state index >= 15 is 0 Å². The predicted molar refractivity (Wildman–Crippen MR) is 94.7 cm³/mol. The summed E-state index contributed by atoms with van der Waals surface area (Å²) < 4.78 is 0. The van der Waals surface area contributed by atoms with E-state index in [9.17, 15) is 0 Å². The molecule has 2 saturated heterocycles. The van der Waals surface area contributed by atoms with Crippen LogP contribution in [0.2, 0.25) is 0 Å². The van der Waals surface area contributed by atoms with Gasteiger partial charge in [-0.3, -0.25) is 0 Å². The van der Waals surface area contributed by atoms with E-state index in [1.807, 2.05) is 0 Å². The zero-order valence-corrected chi connectivity index (χ0v) is 15.0. The maximum absolute atomic E-state index is 2.66. The van der Waals surface area contributed by atoms with Crippen LogP contribution in [0.4, 0.5) is 0 Å². The van der Waals surface area contributed by atoms with Crippen molar-refractivity contribution < 1.29 is 0 Å². The Morgan fingerprint density at radius 2 is 1.00 bits per heavy atom. The molecule has 0 aromatic rings. The largest absolute Gasteiger partial charge is 0.302 e. The van der Waals surface area contributed by atoms with Crippen LogP contribution < -0.4 is 0 Å². The van der Waals surface area contributed by atoms with E-state index in [-0.39, 0.29) is 0 Å². The molecule has 118 valence electrons. The summed E-state index contributed by atoms with van der Waals surface area (Å²) in [6.45, 7) is 12.7. The Morgan fingerprint density at radius 3 is 1.35 bits per heavy atom. The highest BCUT2D eigenvalue weighted by atomic mass is 33.1. The van der Waals surface area contributed by atoms with Gasteiger partial charge < -0.3 is 9.80 Å². The fraction of sp³-hybridized carbons (Fsp3) is 1.00. The van der Waals surface area contributed by atoms with Gasteiger partial charge in [0.1, 0.15) is 0 Å². The van der Waals surface area contributed by atoms with Crippen molar-refractivity contribution in [3.05, 3.63) is 0 Å². The van der Waals surface area contributed by atoms with E-state index in [1.165, 1.54) is 77.8 Å². The molecule has 0 aliphatic carbocycles. The minimum Gasteiger partial charge on any atom is -0.302 e. The summed E-state index contributed by atoms with van der Waals surface area (Å²) in [6, 6.07) is 0. The van der Waals surface area contributed by atoms with Crippen molar-refractivity contribution >= 4 is 21.6 Å². The molecule has 2 nitrogen and oxygen atoms in total. The zero-order valence-electron chi connectivity index (χ0n) is 13.4. The van der Waals surface area contributed by atoms with Crippen LogP contribution in [0.5, 0.6) is 0 Å². The Hall–Kier alpha value is 0.620. The molecule has 2 fully saturated rings. The monoisotopic (exact) mass is 316 g/mol. The first kappa shape index (κ1) is 17.0. The van der Waals surface area contributed by atoms with Crippen molar-refractivity contribution in [2.24, 2.45) is 0 Å². The fourth-order valence-electron chi connectivity index (χ4n) is 3.26. The Morgan fingerprint density at radius 1 is 0.650 bits per heavy atom. The first-order chi connectivity index (χ1) is 9.74. The summed E-state index contributed by atoms with van der Waals surface area (Å²) >= 11 is 0. The standard InChI is InChI=1S/C16H32N2S2/c1-15(13-17-9-5-3-6-10-17)19-20-16(2)14-18-11-7-4-8-12-18/h15-16H,3-14H2,1-2H3/t15-,16-/m1/s1. The van der Waals surface area contributed by atoms with Gasteiger partial charge in [0, 0.05) is 23.6 Å². The van der Waals surface area contributed by atoms with Crippen molar-refractivity contribution in [3.63, 3.8) is 0 Å². The number of rotatable bonds is 7. The molecule has 2 aliphatic rings. The summed E-state index contributed by atoms with van der Waals surface area (Å²) in [5.74, 6) is 0. The number of piperidine rings is 2. The van der Waals surface area contributed by atoms with E-state index in [2.05, 4.69) is 45.2 Å². The van der Waals surface area contributed by atoms with Crippen molar-refractivity contribution in [1.82, 2.24) is 9.80 Å². The molecule has 0 unspecified atom stereocenters. The van der Waals surface area contributed by atoms with Gasteiger partial charge in [-0.15, -0.1) is 0 Å². The third kappa shape index (κ3) is 6.59. The highest BCUT2D eigenvalue weighted by Gasteiger charge is 2.17. The molecule has 0 aromatic heterocycles. The molecule has 0 amide bonds. The van der Waals surface area contributed by atoms with Gasteiger partial charge in [-0.2, -0.15) is 0 Å². The van der Waals surface area contributed by atoms with Crippen molar-refractivity contribution in [3.8, 4) is 0 Å². The maximum atomic E-state index is 2.66. The molecule has 0 spiro atoms. The normalized spacial score (nSPS) is 25.5. The van der Waals surface area contributed by atoms with Crippen LogP contribution in [-0.4, -0.2) is 59.6 Å². The highest BCUT2D eigenvalue weighted by Crippen LogP contribution is 2.32. The average Bonchev–Trinajstić information content (AvgIpc) is 2.47. The summed E-state index contributed by atoms with van der Waals surface area (Å²) in [6.07, 6.45) is 8.54. The molecule has 0 bridgehead atoms. The van der Waals surface area contributed by atoms with E-state index in [4.69, 9.17) is 0 Å². The molecule has 4 heteroatoms. The Bertz CT molecular complexity index is 225. The van der Waals surface area contributed by atoms with Gasteiger partial charge in [0.25, 0.3) is 0 Å². The summed E-state index contributed by atoms with van der Waals surface area (Å²) in [7, 11) is 4.23. The second-order valence-corrected chi connectivity index (χ2v) is 9.69. The molecule has 2 rings (SSSR count). The van der Waals surface area contributed by atoms with Crippen LogP contribution in [0.15, 0.2) is 0 Å². The first-order valence-electron chi connectivity index (χ1n) is 8.51. The third-order valence-corrected chi connectivity index (χ3v) is 7.68. The smallest absolute Gasteiger partial charge is 0.0250 e. The molecule has 0 saturated carbocycles. The molecular weight excluding hydrogens is 284 g/mol. The average molecular weight is 317 g/mol. The van der Waals surface area contributed by atoms with Crippen LogP contribution >= 0.6 is 21.6 Å². The number of nitrogens with zero attached hydrogens (tertiary/aromatic N) is 2. The predicted octanol–water partition coefficient (Wildman–Crippen LogP) is 4.12. The van der Waals surface area contributed by atoms with Crippen molar-refractivity contribution in [2.45, 2.75) is 62.9 Å². The molecule has 0 N–H and O–H groups in total. The Labute approximate surface area is 133 Å². The molecule has 2 heterocycles. The van der Waals surface area contributed by atoms with Crippen LogP contribution in [0.3, 0.4) is 0 Å². The highest BCUT2D eigenvalue weighted by molar-refractivity contribution is 8.77. The lowest BCUT2D eigenvalue weighted by Gasteiger charge is -2.30. The fourth-order valence-corrected chi connectivity index (χ4v) is 5.69. The lowest BCUT2D eigenvalue weighted by molar-refractivity contribution is 0.231. The van der Waals surface area contributed by atoms with Crippen LogP contribution in [0.1, 0.15) is 52.4 Å². The Kier molecular flexibility index (Phi) is 8.15. The van der Waals surface area contributed by atoms with Gasteiger partial charge >= 0.3 is 0 Å². The van der Waals surface area contributed by atoms with Gasteiger partial charge in [-0.25, -0.2) is 0 Å². The quantitative estimate of drug-likeness (QED) is 0.652. The Balaban J connectivity index is 1.55. The summed E-state index contributed by atoms with van der Waals surface area (Å²) in [5, 5.41) is 1.53. The van der Waals surface area contributed by atoms with Crippen LogP contribution in [-0.2, 0) is 0 Å². The number of hydrogen-bond acceptors (Lipinski definition) is 4. The number of likely N-dealkylation sites (tertiary alicyclic amines) is 2. The molecule has 2 aliphatic heterocycles. The topological polar surface area (TPSA) is 6.48 Å². The van der Waals surface area contributed by atoms with Gasteiger partial charge in [-0.1, -0.05) is 48.3 Å². The lowest BCUT2D eigenvalue weighted by atomic mass is 10.1. The third-order valence-electron chi connectivity index (χ3n) is 4.31. The van der Waals surface area contributed by atoms with E-state index in [0.717, 1.165) is 10.5 Å². The van der Waals surface area contributed by atoms with Gasteiger partial charge in [0.05, 0.1) is 0 Å². The molecule has 0 aromatic carbocycles. The first-order valence-corrected chi connectivity index (χ1v) is 10.8. The van der Waals surface area contributed by atoms with Crippen molar-refractivity contribution in [1.29, 1.82) is 0 Å².